The molecule has 3 aromatic heterocycles. The topological polar surface area (TPSA) is 63.7 Å². The number of nitriles is 1. The Morgan fingerprint density at radius 3 is 2.45 bits per heavy atom. The van der Waals surface area contributed by atoms with E-state index < -0.39 is 11.6 Å². The fourth-order valence-electron chi connectivity index (χ4n) is 5.27. The lowest BCUT2D eigenvalue weighted by Gasteiger charge is -2.35. The molecule has 7 nitrogen and oxygen atoms in total. The highest BCUT2D eigenvalue weighted by molar-refractivity contribution is 5.87. The van der Waals surface area contributed by atoms with Crippen molar-refractivity contribution in [3.63, 3.8) is 0 Å². The maximum absolute atomic E-state index is 14.1. The molecular formula is C29H27F2N7. The zero-order chi connectivity index (χ0) is 26.2. The van der Waals surface area contributed by atoms with E-state index in [4.69, 9.17) is 4.98 Å². The Morgan fingerprint density at radius 1 is 1.00 bits per heavy atom. The predicted molar refractivity (Wildman–Crippen MR) is 142 cm³/mol. The fourth-order valence-corrected chi connectivity index (χ4v) is 5.27. The minimum atomic E-state index is -0.503. The average molecular weight is 512 g/mol. The third kappa shape index (κ3) is 4.53. The van der Waals surface area contributed by atoms with Gasteiger partial charge in [-0.3, -0.25) is 9.80 Å². The van der Waals surface area contributed by atoms with E-state index in [1.807, 2.05) is 24.5 Å². The van der Waals surface area contributed by atoms with Gasteiger partial charge in [0.05, 0.1) is 17.3 Å². The molecule has 1 saturated heterocycles. The van der Waals surface area contributed by atoms with Crippen molar-refractivity contribution in [1.29, 1.82) is 5.26 Å². The summed E-state index contributed by atoms with van der Waals surface area (Å²) in [5.74, 6) is -0.152. The first kappa shape index (κ1) is 24.2. The molecule has 0 bridgehead atoms. The highest BCUT2D eigenvalue weighted by Crippen LogP contribution is 2.32. The molecule has 4 aromatic rings. The average Bonchev–Trinajstić information content (AvgIpc) is 3.57. The fraction of sp³-hybridized carbons (Fsp3) is 0.276. The molecule has 1 aromatic carbocycles. The molecule has 192 valence electrons. The highest BCUT2D eigenvalue weighted by Gasteiger charge is 2.22. The Hall–Kier alpha value is -4.13. The van der Waals surface area contributed by atoms with Crippen molar-refractivity contribution in [3.05, 3.63) is 89.4 Å². The van der Waals surface area contributed by atoms with Gasteiger partial charge in [0.1, 0.15) is 23.5 Å². The van der Waals surface area contributed by atoms with Crippen LogP contribution in [-0.4, -0.2) is 70.7 Å². The first-order chi connectivity index (χ1) is 18.5. The van der Waals surface area contributed by atoms with Crippen LogP contribution in [0.1, 0.15) is 16.7 Å². The Balaban J connectivity index is 1.22. The molecule has 38 heavy (non-hydrogen) atoms. The van der Waals surface area contributed by atoms with E-state index in [9.17, 15) is 14.0 Å². The van der Waals surface area contributed by atoms with Gasteiger partial charge in [-0.25, -0.2) is 18.3 Å². The molecule has 0 unspecified atom stereocenters. The Kier molecular flexibility index (Phi) is 6.35. The number of rotatable bonds is 5. The second-order valence-corrected chi connectivity index (χ2v) is 9.90. The van der Waals surface area contributed by atoms with E-state index in [0.717, 1.165) is 41.1 Å². The number of fused-ring (bicyclic) bond motifs is 1. The van der Waals surface area contributed by atoms with Crippen molar-refractivity contribution >= 4 is 16.9 Å². The van der Waals surface area contributed by atoms with Gasteiger partial charge in [0.15, 0.2) is 0 Å². The van der Waals surface area contributed by atoms with Crippen molar-refractivity contribution in [2.24, 2.45) is 0 Å². The smallest absolute Gasteiger partial charge is 0.130 e. The summed E-state index contributed by atoms with van der Waals surface area (Å²) in [4.78, 5) is 11.2. The predicted octanol–water partition coefficient (Wildman–Crippen LogP) is 4.20. The van der Waals surface area contributed by atoms with Crippen LogP contribution in [0.15, 0.2) is 61.1 Å². The number of benzene rings is 1. The molecule has 0 spiro atoms. The summed E-state index contributed by atoms with van der Waals surface area (Å²) in [6, 6.07) is 12.4. The van der Waals surface area contributed by atoms with E-state index in [0.29, 0.717) is 31.7 Å². The molecule has 6 rings (SSSR count). The standard InChI is InChI=1S/C29H27F2N7/c1-35-8-7-21(17-35)22-13-24(29-23(14-32)16-34-38(29)18-22)20-5-6-28(33-15-20)37-11-9-36(10-12-37)19-25-26(30)3-2-4-27(25)31/h2-7,13,15-16,18H,8-12,17,19H2,1H3. The van der Waals surface area contributed by atoms with E-state index in [-0.39, 0.29) is 12.1 Å². The summed E-state index contributed by atoms with van der Waals surface area (Å²) in [5.41, 5.74) is 5.56. The lowest BCUT2D eigenvalue weighted by atomic mass is 10.00. The van der Waals surface area contributed by atoms with Crippen molar-refractivity contribution in [3.8, 4) is 17.2 Å². The lowest BCUT2D eigenvalue weighted by Crippen LogP contribution is -2.46. The summed E-state index contributed by atoms with van der Waals surface area (Å²) in [6.45, 7) is 4.82. The maximum atomic E-state index is 14.1. The molecule has 0 amide bonds. The minimum absolute atomic E-state index is 0.119. The Bertz CT molecular complexity index is 1540. The van der Waals surface area contributed by atoms with Crippen molar-refractivity contribution in [2.75, 3.05) is 51.2 Å². The van der Waals surface area contributed by atoms with Crippen LogP contribution in [0.3, 0.4) is 0 Å². The van der Waals surface area contributed by atoms with Gasteiger partial charge in [0, 0.05) is 74.9 Å². The summed E-state index contributed by atoms with van der Waals surface area (Å²) < 4.78 is 29.9. The van der Waals surface area contributed by atoms with Gasteiger partial charge in [-0.15, -0.1) is 0 Å². The third-order valence-electron chi connectivity index (χ3n) is 7.39. The number of hydrogen-bond acceptors (Lipinski definition) is 6. The molecule has 2 aliphatic heterocycles. The highest BCUT2D eigenvalue weighted by atomic mass is 19.1. The first-order valence-electron chi connectivity index (χ1n) is 12.7. The largest absolute Gasteiger partial charge is 0.354 e. The molecule has 0 aliphatic carbocycles. The molecule has 0 radical (unpaired) electrons. The van der Waals surface area contributed by atoms with Crippen LogP contribution < -0.4 is 4.90 Å². The molecule has 0 saturated carbocycles. The summed E-state index contributed by atoms with van der Waals surface area (Å²) in [5, 5.41) is 14.1. The number of likely N-dealkylation sites (N-methyl/N-ethyl adjacent to an activating group) is 1. The quantitative estimate of drug-likeness (QED) is 0.400. The zero-order valence-corrected chi connectivity index (χ0v) is 21.1. The van der Waals surface area contributed by atoms with E-state index >= 15 is 0 Å². The number of nitrogens with zero attached hydrogens (tertiary/aromatic N) is 7. The second-order valence-electron chi connectivity index (χ2n) is 9.90. The Morgan fingerprint density at radius 2 is 1.79 bits per heavy atom. The van der Waals surface area contributed by atoms with Crippen molar-refractivity contribution in [1.82, 2.24) is 24.4 Å². The maximum Gasteiger partial charge on any atom is 0.130 e. The monoisotopic (exact) mass is 511 g/mol. The van der Waals surface area contributed by atoms with Crippen LogP contribution in [0.5, 0.6) is 0 Å². The molecule has 0 atom stereocenters. The molecule has 2 aliphatic rings. The third-order valence-corrected chi connectivity index (χ3v) is 7.39. The lowest BCUT2D eigenvalue weighted by molar-refractivity contribution is 0.242. The van der Waals surface area contributed by atoms with Gasteiger partial charge in [-0.2, -0.15) is 10.4 Å². The van der Waals surface area contributed by atoms with Crippen LogP contribution in [0.2, 0.25) is 0 Å². The first-order valence-corrected chi connectivity index (χ1v) is 12.7. The van der Waals surface area contributed by atoms with Gasteiger partial charge in [-0.05, 0) is 48.5 Å². The molecule has 1 fully saturated rings. The number of piperazine rings is 1. The van der Waals surface area contributed by atoms with E-state index in [1.54, 1.807) is 10.7 Å². The van der Waals surface area contributed by atoms with Crippen LogP contribution in [0.25, 0.3) is 22.2 Å². The normalized spacial score (nSPS) is 16.7. The van der Waals surface area contributed by atoms with Crippen molar-refractivity contribution < 1.29 is 8.78 Å². The van der Waals surface area contributed by atoms with Gasteiger partial charge in [0.2, 0.25) is 0 Å². The van der Waals surface area contributed by atoms with Gasteiger partial charge in [0.25, 0.3) is 0 Å². The van der Waals surface area contributed by atoms with Gasteiger partial charge in [-0.1, -0.05) is 12.1 Å². The van der Waals surface area contributed by atoms with Crippen LogP contribution in [0.4, 0.5) is 14.6 Å². The van der Waals surface area contributed by atoms with E-state index in [1.165, 1.54) is 23.8 Å². The summed E-state index contributed by atoms with van der Waals surface area (Å²) in [6.07, 6.45) is 7.66. The SMILES string of the molecule is CN1CC=C(c2cc(-c3ccc(N4CCN(Cc5c(F)cccc5F)CC4)nc3)c3c(C#N)cnn3c2)C1. The Labute approximate surface area is 219 Å². The van der Waals surface area contributed by atoms with Crippen LogP contribution in [0, 0.1) is 23.0 Å². The summed E-state index contributed by atoms with van der Waals surface area (Å²) in [7, 11) is 2.09. The summed E-state index contributed by atoms with van der Waals surface area (Å²) >= 11 is 0. The molecule has 5 heterocycles. The molecule has 9 heteroatoms. The number of halogens is 2. The molecule has 0 N–H and O–H groups in total. The van der Waals surface area contributed by atoms with Gasteiger partial charge >= 0.3 is 0 Å². The van der Waals surface area contributed by atoms with Crippen molar-refractivity contribution in [2.45, 2.75) is 6.54 Å². The number of aromatic nitrogens is 3. The van der Waals surface area contributed by atoms with Crippen LogP contribution >= 0.6 is 0 Å². The van der Waals surface area contributed by atoms with Crippen LogP contribution in [-0.2, 0) is 6.54 Å². The number of pyridine rings is 2. The zero-order valence-electron chi connectivity index (χ0n) is 21.1. The second kappa shape index (κ2) is 9.97. The minimum Gasteiger partial charge on any atom is -0.354 e. The number of anilines is 1. The van der Waals surface area contributed by atoms with E-state index in [2.05, 4.69) is 45.1 Å². The molecular weight excluding hydrogens is 484 g/mol. The van der Waals surface area contributed by atoms with Gasteiger partial charge < -0.3 is 4.90 Å². The number of hydrogen-bond donors (Lipinski definition) is 0.